The molecule has 0 bridgehead atoms. The van der Waals surface area contributed by atoms with Crippen LogP contribution >= 0.6 is 24.8 Å². The standard InChI is InChI=1S/C16H30N3.3ClH/c1-5-19(4,6-2)13-7-8-14(3)18-16-11-9-15(17)10-12-16;;;/h9-12,14,18H,5-8,13,17H2,1-4H3;3*1H/q+1;;;/p-1. The molecule has 0 saturated carbocycles. The summed E-state index contributed by atoms with van der Waals surface area (Å²) in [5, 5.41) is 3.53. The summed E-state index contributed by atoms with van der Waals surface area (Å²) in [7, 11) is 2.35. The van der Waals surface area contributed by atoms with Crippen LogP contribution in [0.2, 0.25) is 0 Å². The summed E-state index contributed by atoms with van der Waals surface area (Å²) in [5.41, 5.74) is 7.66. The van der Waals surface area contributed by atoms with E-state index in [4.69, 9.17) is 5.73 Å². The summed E-state index contributed by atoms with van der Waals surface area (Å²) in [6.07, 6.45) is 2.47. The molecule has 0 aliphatic heterocycles. The zero-order valence-electron chi connectivity index (χ0n) is 14.1. The van der Waals surface area contributed by atoms with Crippen LogP contribution in [-0.4, -0.2) is 37.2 Å². The van der Waals surface area contributed by atoms with E-state index in [1.165, 1.54) is 37.0 Å². The van der Waals surface area contributed by atoms with Gasteiger partial charge in [-0.05, 0) is 57.9 Å². The van der Waals surface area contributed by atoms with Gasteiger partial charge < -0.3 is 27.9 Å². The molecule has 1 unspecified atom stereocenters. The van der Waals surface area contributed by atoms with Gasteiger partial charge in [0.05, 0.1) is 26.7 Å². The molecule has 1 atom stereocenters. The lowest BCUT2D eigenvalue weighted by molar-refractivity contribution is -0.906. The summed E-state index contributed by atoms with van der Waals surface area (Å²) in [6, 6.07) is 8.48. The highest BCUT2D eigenvalue weighted by molar-refractivity contribution is 5.85. The highest BCUT2D eigenvalue weighted by Crippen LogP contribution is 2.14. The molecule has 132 valence electrons. The summed E-state index contributed by atoms with van der Waals surface area (Å²) < 4.78 is 1.18. The fourth-order valence-corrected chi connectivity index (χ4v) is 2.26. The Labute approximate surface area is 154 Å². The van der Waals surface area contributed by atoms with E-state index >= 15 is 0 Å². The number of hydrogen-bond acceptors (Lipinski definition) is 2. The molecule has 3 nitrogen and oxygen atoms in total. The van der Waals surface area contributed by atoms with Crippen molar-refractivity contribution in [2.24, 2.45) is 0 Å². The van der Waals surface area contributed by atoms with Crippen molar-refractivity contribution in [3.63, 3.8) is 0 Å². The molecule has 0 aromatic heterocycles. The lowest BCUT2D eigenvalue weighted by atomic mass is 10.1. The second kappa shape index (κ2) is 13.1. The van der Waals surface area contributed by atoms with Gasteiger partial charge in [-0.1, -0.05) is 0 Å². The number of nitrogens with two attached hydrogens (primary N) is 1. The third-order valence-electron chi connectivity index (χ3n) is 4.19. The molecular weight excluding hydrogens is 341 g/mol. The number of nitrogens with zero attached hydrogens (tertiary/aromatic N) is 1. The highest BCUT2D eigenvalue weighted by atomic mass is 35.5. The molecular formula is C16H32Cl3N3. The van der Waals surface area contributed by atoms with Crippen molar-refractivity contribution >= 4 is 36.2 Å². The quantitative estimate of drug-likeness (QED) is 0.531. The third-order valence-corrected chi connectivity index (χ3v) is 4.19. The lowest BCUT2D eigenvalue weighted by Crippen LogP contribution is -3.00. The Hall–Kier alpha value is -0.350. The summed E-state index contributed by atoms with van der Waals surface area (Å²) in [5.74, 6) is 0. The van der Waals surface area contributed by atoms with Crippen LogP contribution in [0.1, 0.15) is 33.6 Å². The van der Waals surface area contributed by atoms with Gasteiger partial charge in [0.2, 0.25) is 0 Å². The molecule has 0 aliphatic carbocycles. The molecule has 0 radical (unpaired) electrons. The smallest absolute Gasteiger partial charge is 0.0785 e. The maximum absolute atomic E-state index is 5.69. The first kappa shape index (κ1) is 26.5. The van der Waals surface area contributed by atoms with Crippen molar-refractivity contribution in [3.05, 3.63) is 24.3 Å². The van der Waals surface area contributed by atoms with Crippen LogP contribution in [-0.2, 0) is 0 Å². The number of hydrogen-bond donors (Lipinski definition) is 2. The molecule has 0 saturated heterocycles. The largest absolute Gasteiger partial charge is 1.00 e. The number of rotatable bonds is 8. The minimum Gasteiger partial charge on any atom is -1.00 e. The molecule has 1 aromatic carbocycles. The summed E-state index contributed by atoms with van der Waals surface area (Å²) in [4.78, 5) is 0. The van der Waals surface area contributed by atoms with Crippen molar-refractivity contribution < 1.29 is 16.9 Å². The fraction of sp³-hybridized carbons (Fsp3) is 0.625. The van der Waals surface area contributed by atoms with Gasteiger partial charge in [-0.3, -0.25) is 0 Å². The van der Waals surface area contributed by atoms with Gasteiger partial charge >= 0.3 is 0 Å². The molecule has 1 rings (SSSR count). The Bertz CT molecular complexity index is 367. The van der Waals surface area contributed by atoms with E-state index in [1.54, 1.807) is 0 Å². The SMILES string of the molecule is CC[N+](C)(CC)CCCC(C)Nc1ccc(N)cc1.Cl.Cl.[Cl-]. The van der Waals surface area contributed by atoms with Crippen LogP contribution in [0, 0.1) is 0 Å². The van der Waals surface area contributed by atoms with Crippen LogP contribution in [0.5, 0.6) is 0 Å². The Kier molecular flexibility index (Phi) is 15.8. The van der Waals surface area contributed by atoms with E-state index in [0.29, 0.717) is 6.04 Å². The first-order chi connectivity index (χ1) is 8.99. The summed E-state index contributed by atoms with van der Waals surface area (Å²) in [6.45, 7) is 10.5. The Morgan fingerprint density at radius 3 is 2.05 bits per heavy atom. The van der Waals surface area contributed by atoms with Crippen molar-refractivity contribution in [2.75, 3.05) is 37.7 Å². The number of halogens is 3. The van der Waals surface area contributed by atoms with Gasteiger partial charge in [-0.25, -0.2) is 0 Å². The minimum absolute atomic E-state index is 0. The second-order valence-electron chi connectivity index (χ2n) is 5.79. The van der Waals surface area contributed by atoms with Gasteiger partial charge in [-0.2, -0.15) is 0 Å². The maximum atomic E-state index is 5.69. The van der Waals surface area contributed by atoms with E-state index in [1.807, 2.05) is 24.3 Å². The van der Waals surface area contributed by atoms with Crippen LogP contribution in [0.15, 0.2) is 24.3 Å². The topological polar surface area (TPSA) is 38.0 Å². The molecule has 3 N–H and O–H groups in total. The Balaban J connectivity index is -0.00000120. The zero-order chi connectivity index (χ0) is 14.3. The van der Waals surface area contributed by atoms with Crippen molar-refractivity contribution in [3.8, 4) is 0 Å². The normalized spacial score (nSPS) is 11.5. The fourth-order valence-electron chi connectivity index (χ4n) is 2.26. The van der Waals surface area contributed by atoms with Crippen molar-refractivity contribution in [1.82, 2.24) is 0 Å². The first-order valence-corrected chi connectivity index (χ1v) is 7.44. The van der Waals surface area contributed by atoms with Gasteiger partial charge in [0.15, 0.2) is 0 Å². The lowest BCUT2D eigenvalue weighted by Gasteiger charge is -2.32. The molecule has 22 heavy (non-hydrogen) atoms. The monoisotopic (exact) mass is 371 g/mol. The molecule has 0 heterocycles. The van der Waals surface area contributed by atoms with Gasteiger partial charge in [0.25, 0.3) is 0 Å². The molecule has 6 heteroatoms. The van der Waals surface area contributed by atoms with Crippen LogP contribution in [0.3, 0.4) is 0 Å². The number of benzene rings is 1. The molecule has 0 fully saturated rings. The van der Waals surface area contributed by atoms with Crippen LogP contribution in [0.4, 0.5) is 11.4 Å². The van der Waals surface area contributed by atoms with Gasteiger partial charge in [0.1, 0.15) is 0 Å². The Morgan fingerprint density at radius 1 is 1.09 bits per heavy atom. The van der Waals surface area contributed by atoms with E-state index in [2.05, 4.69) is 33.1 Å². The van der Waals surface area contributed by atoms with Gasteiger partial charge in [-0.15, -0.1) is 24.8 Å². The minimum atomic E-state index is 0. The number of nitrogen functional groups attached to an aromatic ring is 1. The van der Waals surface area contributed by atoms with Crippen molar-refractivity contribution in [1.29, 1.82) is 0 Å². The highest BCUT2D eigenvalue weighted by Gasteiger charge is 2.16. The molecule has 0 aliphatic rings. The number of nitrogens with one attached hydrogen (secondary N) is 1. The average Bonchev–Trinajstić information content (AvgIpc) is 2.41. The number of anilines is 2. The molecule has 0 spiro atoms. The van der Waals surface area contributed by atoms with Crippen molar-refractivity contribution in [2.45, 2.75) is 39.7 Å². The third kappa shape index (κ3) is 9.62. The zero-order valence-corrected chi connectivity index (χ0v) is 16.5. The van der Waals surface area contributed by atoms with Crippen LogP contribution in [0.25, 0.3) is 0 Å². The average molecular weight is 373 g/mol. The molecule has 0 amide bonds. The predicted molar refractivity (Wildman–Crippen MR) is 99.8 cm³/mol. The van der Waals surface area contributed by atoms with Gasteiger partial charge in [0, 0.05) is 17.4 Å². The molecule has 1 aromatic rings. The second-order valence-corrected chi connectivity index (χ2v) is 5.79. The van der Waals surface area contributed by atoms with E-state index in [-0.39, 0.29) is 37.2 Å². The predicted octanol–water partition coefficient (Wildman–Crippen LogP) is 1.18. The van der Waals surface area contributed by atoms with E-state index in [9.17, 15) is 0 Å². The van der Waals surface area contributed by atoms with E-state index < -0.39 is 0 Å². The first-order valence-electron chi connectivity index (χ1n) is 7.44. The van der Waals surface area contributed by atoms with E-state index in [0.717, 1.165) is 11.4 Å². The van der Waals surface area contributed by atoms with Crippen LogP contribution < -0.4 is 23.5 Å². The maximum Gasteiger partial charge on any atom is 0.0785 e. The number of quaternary nitrogens is 1. The summed E-state index contributed by atoms with van der Waals surface area (Å²) >= 11 is 0. The Morgan fingerprint density at radius 2 is 1.59 bits per heavy atom.